The molecule has 0 spiro atoms. The number of hydrogen-bond donors (Lipinski definition) is 2. The van der Waals surface area contributed by atoms with Gasteiger partial charge in [0.25, 0.3) is 0 Å². The molecule has 1 amide bonds. The van der Waals surface area contributed by atoms with E-state index in [9.17, 15) is 19.8 Å². The number of hydrogen-bond acceptors (Lipinski definition) is 4. The van der Waals surface area contributed by atoms with E-state index in [0.717, 1.165) is 25.4 Å². The second kappa shape index (κ2) is 8.22. The number of carboxylic acids is 1. The number of aliphatic carboxylic acids is 1. The van der Waals surface area contributed by atoms with Crippen LogP contribution in [0.3, 0.4) is 0 Å². The first kappa shape index (κ1) is 21.2. The highest BCUT2D eigenvalue weighted by atomic mass is 127. The van der Waals surface area contributed by atoms with Crippen molar-refractivity contribution in [3.63, 3.8) is 0 Å². The summed E-state index contributed by atoms with van der Waals surface area (Å²) in [6.07, 6.45) is -0.725. The predicted octanol–water partition coefficient (Wildman–Crippen LogP) is 4.99. The quantitative estimate of drug-likeness (QED) is 0.360. The molecule has 4 rings (SSSR count). The molecule has 7 heteroatoms. The second-order valence-corrected chi connectivity index (χ2v) is 8.40. The number of fused-ring (bicyclic) bond motifs is 3. The molecule has 31 heavy (non-hydrogen) atoms. The summed E-state index contributed by atoms with van der Waals surface area (Å²) in [6.45, 7) is 0. The fourth-order valence-electron chi connectivity index (χ4n) is 4.41. The Morgan fingerprint density at radius 2 is 1.48 bits per heavy atom. The van der Waals surface area contributed by atoms with Gasteiger partial charge in [-0.3, -0.25) is 0 Å². The SMILES string of the molecule is COC(=O)N(I)[C@@](Cc1ccc(O)cc1)(C(=O)O)C1c2ccccc2-c2ccccc21. The Hall–Kier alpha value is -3.07. The van der Waals surface area contributed by atoms with E-state index < -0.39 is 23.5 Å². The zero-order chi connectivity index (χ0) is 22.2. The van der Waals surface area contributed by atoms with E-state index in [1.54, 1.807) is 35.0 Å². The number of phenolic OH excluding ortho intramolecular Hbond substituents is 1. The van der Waals surface area contributed by atoms with Crippen LogP contribution in [0.2, 0.25) is 0 Å². The summed E-state index contributed by atoms with van der Waals surface area (Å²) in [5.41, 5.74) is 2.59. The van der Waals surface area contributed by atoms with Crippen LogP contribution in [0, 0.1) is 0 Å². The van der Waals surface area contributed by atoms with Crippen LogP contribution < -0.4 is 0 Å². The number of halogens is 1. The third-order valence-corrected chi connectivity index (χ3v) is 7.03. The fourth-order valence-corrected chi connectivity index (χ4v) is 5.26. The summed E-state index contributed by atoms with van der Waals surface area (Å²) in [5.74, 6) is -1.68. The van der Waals surface area contributed by atoms with Gasteiger partial charge in [-0.25, -0.2) is 12.7 Å². The molecule has 2 N–H and O–H groups in total. The number of carbonyl (C=O) groups is 2. The molecule has 0 bridgehead atoms. The highest BCUT2D eigenvalue weighted by Gasteiger charge is 2.56. The van der Waals surface area contributed by atoms with Crippen molar-refractivity contribution in [3.05, 3.63) is 89.5 Å². The Bertz CT molecular complexity index is 1100. The predicted molar refractivity (Wildman–Crippen MR) is 124 cm³/mol. The number of aromatic hydroxyl groups is 1. The summed E-state index contributed by atoms with van der Waals surface area (Å²) >= 11 is 1.75. The van der Waals surface area contributed by atoms with Gasteiger partial charge < -0.3 is 14.9 Å². The van der Waals surface area contributed by atoms with E-state index in [2.05, 4.69) is 0 Å². The molecule has 0 aromatic heterocycles. The number of phenols is 1. The molecular formula is C24H20INO5. The Morgan fingerprint density at radius 3 is 1.97 bits per heavy atom. The molecule has 0 unspecified atom stereocenters. The van der Waals surface area contributed by atoms with E-state index >= 15 is 0 Å². The molecule has 0 fully saturated rings. The first-order chi connectivity index (χ1) is 14.9. The lowest BCUT2D eigenvalue weighted by molar-refractivity contribution is -0.147. The van der Waals surface area contributed by atoms with Gasteiger partial charge in [0.15, 0.2) is 5.54 Å². The number of benzene rings is 3. The van der Waals surface area contributed by atoms with E-state index in [1.165, 1.54) is 19.2 Å². The van der Waals surface area contributed by atoms with Gasteiger partial charge in [-0.05, 0) is 39.9 Å². The van der Waals surface area contributed by atoms with Crippen LogP contribution >= 0.6 is 22.9 Å². The largest absolute Gasteiger partial charge is 0.508 e. The maximum Gasteiger partial charge on any atom is 0.419 e. The highest BCUT2D eigenvalue weighted by molar-refractivity contribution is 14.1. The van der Waals surface area contributed by atoms with Gasteiger partial charge in [0.1, 0.15) is 5.75 Å². The number of carbonyl (C=O) groups excluding carboxylic acids is 1. The maximum atomic E-state index is 13.1. The van der Waals surface area contributed by atoms with Crippen molar-refractivity contribution in [3.8, 4) is 16.9 Å². The smallest absolute Gasteiger partial charge is 0.419 e. The van der Waals surface area contributed by atoms with E-state index in [4.69, 9.17) is 4.74 Å². The van der Waals surface area contributed by atoms with Crippen molar-refractivity contribution >= 4 is 34.9 Å². The molecule has 3 aromatic carbocycles. The summed E-state index contributed by atoms with van der Waals surface area (Å²) in [7, 11) is 1.23. The number of rotatable bonds is 5. The highest BCUT2D eigenvalue weighted by Crippen LogP contribution is 2.53. The first-order valence-electron chi connectivity index (χ1n) is 9.63. The Balaban J connectivity index is 1.99. The van der Waals surface area contributed by atoms with Crippen LogP contribution in [-0.2, 0) is 16.0 Å². The number of carboxylic acid groups (broad SMARTS) is 1. The zero-order valence-electron chi connectivity index (χ0n) is 16.7. The van der Waals surface area contributed by atoms with Crippen LogP contribution in [0.15, 0.2) is 72.8 Å². The molecule has 3 aromatic rings. The zero-order valence-corrected chi connectivity index (χ0v) is 18.8. The lowest BCUT2D eigenvalue weighted by Gasteiger charge is -2.41. The minimum atomic E-state index is -1.67. The van der Waals surface area contributed by atoms with Crippen molar-refractivity contribution in [2.75, 3.05) is 7.11 Å². The topological polar surface area (TPSA) is 87.1 Å². The van der Waals surface area contributed by atoms with Crippen LogP contribution in [0.5, 0.6) is 5.75 Å². The summed E-state index contributed by atoms with van der Waals surface area (Å²) in [5, 5.41) is 20.3. The van der Waals surface area contributed by atoms with Gasteiger partial charge in [0.2, 0.25) is 0 Å². The molecule has 0 aliphatic heterocycles. The van der Waals surface area contributed by atoms with Gasteiger partial charge >= 0.3 is 12.1 Å². The molecule has 1 atom stereocenters. The molecule has 158 valence electrons. The third-order valence-electron chi connectivity index (χ3n) is 5.78. The standard InChI is InChI=1S/C24H20INO5/c1-31-23(30)26(25)24(22(28)29,14-15-10-12-16(27)13-11-15)21-19-8-4-2-6-17(19)18-7-3-5-9-20(18)21/h2-13,21,27H,14H2,1H3,(H,28,29)/t24-/m1/s1. The van der Waals surface area contributed by atoms with Crippen molar-refractivity contribution in [1.82, 2.24) is 3.11 Å². The molecule has 0 radical (unpaired) electrons. The summed E-state index contributed by atoms with van der Waals surface area (Å²) in [6, 6.07) is 21.7. The average Bonchev–Trinajstić information content (AvgIpc) is 3.12. The van der Waals surface area contributed by atoms with E-state index in [1.807, 2.05) is 48.5 Å². The van der Waals surface area contributed by atoms with Gasteiger partial charge in [0.05, 0.1) is 30.0 Å². The van der Waals surface area contributed by atoms with Crippen molar-refractivity contribution in [1.29, 1.82) is 0 Å². The summed E-state index contributed by atoms with van der Waals surface area (Å²) in [4.78, 5) is 25.7. The van der Waals surface area contributed by atoms with Crippen LogP contribution in [0.4, 0.5) is 4.79 Å². The van der Waals surface area contributed by atoms with Gasteiger partial charge in [0, 0.05) is 12.3 Å². The number of amides is 1. The van der Waals surface area contributed by atoms with Crippen LogP contribution in [-0.4, -0.2) is 38.0 Å². The normalized spacial score (nSPS) is 14.3. The monoisotopic (exact) mass is 529 g/mol. The van der Waals surface area contributed by atoms with E-state index in [0.29, 0.717) is 5.56 Å². The lowest BCUT2D eigenvalue weighted by Crippen LogP contribution is -2.58. The molecule has 1 aliphatic carbocycles. The molecule has 6 nitrogen and oxygen atoms in total. The number of nitrogens with zero attached hydrogens (tertiary/aromatic N) is 1. The number of methoxy groups -OCH3 is 1. The first-order valence-corrected chi connectivity index (χ1v) is 10.6. The van der Waals surface area contributed by atoms with E-state index in [-0.39, 0.29) is 12.2 Å². The third kappa shape index (κ3) is 3.42. The van der Waals surface area contributed by atoms with Gasteiger partial charge in [-0.1, -0.05) is 60.7 Å². The fraction of sp³-hybridized carbons (Fsp3) is 0.167. The van der Waals surface area contributed by atoms with Crippen molar-refractivity contribution < 1.29 is 24.5 Å². The molecule has 0 heterocycles. The van der Waals surface area contributed by atoms with Gasteiger partial charge in [-0.15, -0.1) is 0 Å². The molecule has 1 aliphatic rings. The summed E-state index contributed by atoms with van der Waals surface area (Å²) < 4.78 is 6.09. The molecule has 0 saturated heterocycles. The van der Waals surface area contributed by atoms with Crippen molar-refractivity contribution in [2.45, 2.75) is 17.9 Å². The molecule has 0 saturated carbocycles. The van der Waals surface area contributed by atoms with Crippen molar-refractivity contribution in [2.24, 2.45) is 0 Å². The maximum absolute atomic E-state index is 13.1. The van der Waals surface area contributed by atoms with Crippen LogP contribution in [0.25, 0.3) is 11.1 Å². The minimum absolute atomic E-state index is 0.0218. The molecular weight excluding hydrogens is 509 g/mol. The Labute approximate surface area is 193 Å². The Kier molecular flexibility index (Phi) is 5.62. The Morgan fingerprint density at radius 1 is 0.968 bits per heavy atom. The average molecular weight is 529 g/mol. The minimum Gasteiger partial charge on any atom is -0.508 e. The second-order valence-electron chi connectivity index (χ2n) is 7.43. The van der Waals surface area contributed by atoms with Gasteiger partial charge in [-0.2, -0.15) is 0 Å². The van der Waals surface area contributed by atoms with Crippen LogP contribution in [0.1, 0.15) is 22.6 Å². The number of ether oxygens (including phenoxy) is 1. The lowest BCUT2D eigenvalue weighted by atomic mass is 9.73.